The van der Waals surface area contributed by atoms with E-state index in [1.807, 2.05) is 12.1 Å². The first kappa shape index (κ1) is 43.5. The van der Waals surface area contributed by atoms with Crippen LogP contribution in [0, 0.1) is 22.7 Å². The van der Waals surface area contributed by atoms with Crippen LogP contribution in [0.5, 0.6) is 0 Å². The van der Waals surface area contributed by atoms with Crippen LogP contribution >= 0.6 is 0 Å². The van der Waals surface area contributed by atoms with Crippen molar-refractivity contribution >= 4 is 29.3 Å². The summed E-state index contributed by atoms with van der Waals surface area (Å²) >= 11 is 0. The number of hydrogen-bond donors (Lipinski definition) is 4. The Morgan fingerprint density at radius 1 is 0.672 bits per heavy atom. The van der Waals surface area contributed by atoms with Gasteiger partial charge in [0.1, 0.15) is 6.23 Å². The molecule has 0 saturated heterocycles. The van der Waals surface area contributed by atoms with Gasteiger partial charge in [-0.25, -0.2) is 9.59 Å². The van der Waals surface area contributed by atoms with Gasteiger partial charge < -0.3 is 26.0 Å². The van der Waals surface area contributed by atoms with E-state index in [4.69, 9.17) is 0 Å². The normalized spacial score (nSPS) is 20.2. The summed E-state index contributed by atoms with van der Waals surface area (Å²) in [5.41, 5.74) is 0.803. The standard InChI is InChI=1S/C45H37F6N9O4/c46-44(47,48)30-4-1-6-32(20-30)59-34-24-57(40(61)36(34)38(55-42(59)63)28-12-8-26(22-52)9-13-28)18-3-16-54-17-19-58-25-35-37(41(58)62)39(29-14-10-27(23-53)11-15-29)56-43(64)60(35)33-7-2-5-31(21-33)45(49,50)51/h1-2,4-15,20-21,38-39,41,54,62H,3,16-19,24-25H2,(H,55,63)(H,56,64)/t38-,39-,41?/m1/s1. The zero-order valence-electron chi connectivity index (χ0n) is 33.5. The third-order valence-corrected chi connectivity index (χ3v) is 11.5. The summed E-state index contributed by atoms with van der Waals surface area (Å²) in [4.78, 5) is 46.8. The van der Waals surface area contributed by atoms with Crippen molar-refractivity contribution in [3.8, 4) is 12.1 Å². The monoisotopic (exact) mass is 881 g/mol. The first-order chi connectivity index (χ1) is 30.6. The minimum atomic E-state index is -4.69. The van der Waals surface area contributed by atoms with E-state index in [0.29, 0.717) is 53.0 Å². The topological polar surface area (TPSA) is 168 Å². The number of carbonyl (C=O) groups is 3. The summed E-state index contributed by atoms with van der Waals surface area (Å²) in [7, 11) is 0. The SMILES string of the molecule is N#Cc1ccc([C@H]2NC(=O)N(c3cccc(C(F)(F)F)c3)C3=C2C(=O)N(CCCNCCN2CC4=C(C2O)[C@@H](c2ccc(C#N)cc2)NC(=O)N4c2cccc(C(F)(F)F)c2)C3)cc1. The average molecular weight is 882 g/mol. The molecule has 0 bridgehead atoms. The van der Waals surface area contributed by atoms with Crippen molar-refractivity contribution in [1.29, 1.82) is 10.5 Å². The molecule has 0 aromatic heterocycles. The van der Waals surface area contributed by atoms with E-state index in [1.165, 1.54) is 41.3 Å². The molecule has 4 aliphatic rings. The lowest BCUT2D eigenvalue weighted by atomic mass is 9.94. The largest absolute Gasteiger partial charge is 0.416 e. The van der Waals surface area contributed by atoms with Gasteiger partial charge in [-0.1, -0.05) is 36.4 Å². The fourth-order valence-corrected chi connectivity index (χ4v) is 8.44. The van der Waals surface area contributed by atoms with E-state index in [-0.39, 0.29) is 48.8 Å². The van der Waals surface area contributed by atoms with Crippen LogP contribution in [0.15, 0.2) is 120 Å². The number of aliphatic hydroxyl groups excluding tert-OH is 1. The van der Waals surface area contributed by atoms with E-state index >= 15 is 0 Å². The summed E-state index contributed by atoms with van der Waals surface area (Å²) in [6.45, 7) is 1.01. The van der Waals surface area contributed by atoms with Gasteiger partial charge >= 0.3 is 24.4 Å². The number of nitriles is 2. The molecule has 64 heavy (non-hydrogen) atoms. The molecule has 5 amide bonds. The Morgan fingerprint density at radius 2 is 1.19 bits per heavy atom. The van der Waals surface area contributed by atoms with Crippen LogP contribution in [0.1, 0.15) is 51.9 Å². The molecule has 4 aromatic rings. The van der Waals surface area contributed by atoms with Crippen LogP contribution < -0.4 is 25.8 Å². The summed E-state index contributed by atoms with van der Waals surface area (Å²) in [5, 5.41) is 39.2. The van der Waals surface area contributed by atoms with Gasteiger partial charge in [-0.05, 0) is 84.8 Å². The van der Waals surface area contributed by atoms with E-state index in [0.717, 1.165) is 34.1 Å². The van der Waals surface area contributed by atoms with E-state index in [2.05, 4.69) is 16.0 Å². The lowest BCUT2D eigenvalue weighted by molar-refractivity contribution is -0.138. The van der Waals surface area contributed by atoms with Crippen molar-refractivity contribution in [3.05, 3.63) is 153 Å². The molecule has 19 heteroatoms. The van der Waals surface area contributed by atoms with Crippen molar-refractivity contribution in [3.63, 3.8) is 0 Å². The van der Waals surface area contributed by atoms with Gasteiger partial charge in [-0.15, -0.1) is 0 Å². The molecule has 0 fully saturated rings. The van der Waals surface area contributed by atoms with Crippen LogP contribution in [0.3, 0.4) is 0 Å². The molecule has 4 aliphatic heterocycles. The Morgan fingerprint density at radius 3 is 1.72 bits per heavy atom. The zero-order valence-corrected chi connectivity index (χ0v) is 33.5. The smallest absolute Gasteiger partial charge is 0.374 e. The van der Waals surface area contributed by atoms with Gasteiger partial charge in [0, 0.05) is 37.4 Å². The highest BCUT2D eigenvalue weighted by Crippen LogP contribution is 2.43. The molecular weight excluding hydrogens is 845 g/mol. The van der Waals surface area contributed by atoms with Crippen molar-refractivity contribution in [2.75, 3.05) is 49.1 Å². The summed E-state index contributed by atoms with van der Waals surface area (Å²) < 4.78 is 82.3. The van der Waals surface area contributed by atoms with Crippen LogP contribution in [-0.2, 0) is 17.1 Å². The Kier molecular flexibility index (Phi) is 11.7. The molecule has 0 aliphatic carbocycles. The van der Waals surface area contributed by atoms with Crippen LogP contribution in [-0.4, -0.2) is 78.4 Å². The highest BCUT2D eigenvalue weighted by atomic mass is 19.4. The zero-order chi connectivity index (χ0) is 45.5. The van der Waals surface area contributed by atoms with Gasteiger partial charge in [0.25, 0.3) is 5.91 Å². The number of carbonyl (C=O) groups excluding carboxylic acids is 3. The third kappa shape index (κ3) is 8.36. The molecule has 0 radical (unpaired) electrons. The van der Waals surface area contributed by atoms with Gasteiger partial charge in [-0.2, -0.15) is 36.9 Å². The number of hydrogen-bond acceptors (Lipinski definition) is 8. The number of alkyl halides is 6. The maximum atomic E-state index is 14.1. The van der Waals surface area contributed by atoms with Gasteiger partial charge in [0.15, 0.2) is 0 Å². The molecule has 328 valence electrons. The number of aliphatic hydroxyl groups is 1. The quantitative estimate of drug-likeness (QED) is 0.0957. The first-order valence-electron chi connectivity index (χ1n) is 20.0. The van der Waals surface area contributed by atoms with E-state index in [1.54, 1.807) is 41.3 Å². The van der Waals surface area contributed by atoms with Crippen molar-refractivity contribution < 1.29 is 45.8 Å². The molecule has 4 N–H and O–H groups in total. The molecule has 8 rings (SSSR count). The molecule has 0 saturated carbocycles. The second-order valence-corrected chi connectivity index (χ2v) is 15.4. The fourth-order valence-electron chi connectivity index (χ4n) is 8.44. The predicted molar refractivity (Wildman–Crippen MR) is 218 cm³/mol. The number of urea groups is 2. The third-order valence-electron chi connectivity index (χ3n) is 11.5. The predicted octanol–water partition coefficient (Wildman–Crippen LogP) is 6.67. The molecule has 0 spiro atoms. The van der Waals surface area contributed by atoms with Crippen LogP contribution in [0.4, 0.5) is 47.3 Å². The number of rotatable bonds is 11. The van der Waals surface area contributed by atoms with Crippen molar-refractivity contribution in [2.45, 2.75) is 37.1 Å². The highest BCUT2D eigenvalue weighted by molar-refractivity contribution is 6.07. The van der Waals surface area contributed by atoms with Gasteiger partial charge in [0.05, 0.1) is 75.7 Å². The summed E-state index contributed by atoms with van der Waals surface area (Å²) in [6, 6.07) is 22.1. The number of halogens is 6. The van der Waals surface area contributed by atoms with Crippen LogP contribution in [0.25, 0.3) is 0 Å². The van der Waals surface area contributed by atoms with Crippen molar-refractivity contribution in [1.82, 2.24) is 25.8 Å². The highest BCUT2D eigenvalue weighted by Gasteiger charge is 2.47. The number of amides is 5. The minimum Gasteiger partial charge on any atom is -0.374 e. The summed E-state index contributed by atoms with van der Waals surface area (Å²) in [6.07, 6.45) is -10.2. The lowest BCUT2D eigenvalue weighted by Crippen LogP contribution is -2.47. The molecular formula is C45H37F6N9O4. The van der Waals surface area contributed by atoms with Gasteiger partial charge in [-0.3, -0.25) is 19.5 Å². The van der Waals surface area contributed by atoms with Crippen LogP contribution in [0.2, 0.25) is 0 Å². The second-order valence-electron chi connectivity index (χ2n) is 15.4. The Bertz CT molecular complexity index is 2650. The molecule has 13 nitrogen and oxygen atoms in total. The molecule has 4 heterocycles. The Balaban J connectivity index is 0.948. The molecule has 1 unspecified atom stereocenters. The Labute approximate surface area is 362 Å². The lowest BCUT2D eigenvalue weighted by Gasteiger charge is -2.35. The van der Waals surface area contributed by atoms with Gasteiger partial charge in [0.2, 0.25) is 0 Å². The van der Waals surface area contributed by atoms with E-state index in [9.17, 15) is 56.4 Å². The second kappa shape index (κ2) is 17.2. The number of nitrogens with one attached hydrogen (secondary N) is 3. The number of benzene rings is 4. The number of anilines is 2. The maximum Gasteiger partial charge on any atom is 0.416 e. The minimum absolute atomic E-state index is 0.00364. The van der Waals surface area contributed by atoms with E-state index < -0.39 is 59.8 Å². The Hall–Kier alpha value is -7.19. The molecule has 3 atom stereocenters. The molecule has 4 aromatic carbocycles. The fraction of sp³-hybridized carbons (Fsp3) is 0.267. The average Bonchev–Trinajstić information content (AvgIpc) is 3.78. The first-order valence-corrected chi connectivity index (χ1v) is 20.0. The maximum absolute atomic E-state index is 14.1. The van der Waals surface area contributed by atoms with Crippen molar-refractivity contribution in [2.24, 2.45) is 0 Å². The number of nitrogens with zero attached hydrogens (tertiary/aromatic N) is 6. The summed E-state index contributed by atoms with van der Waals surface area (Å²) in [5.74, 6) is -0.427.